The maximum atomic E-state index is 4.26. The van der Waals surface area contributed by atoms with Gasteiger partial charge in [-0.25, -0.2) is 4.98 Å². The lowest BCUT2D eigenvalue weighted by molar-refractivity contribution is 0.737. The topological polar surface area (TPSA) is 24.9 Å². The van der Waals surface area contributed by atoms with Gasteiger partial charge in [0.1, 0.15) is 0 Å². The molecule has 4 heteroatoms. The molecule has 2 heterocycles. The summed E-state index contributed by atoms with van der Waals surface area (Å²) in [4.78, 5) is 4.26. The monoisotopic (exact) mass is 202 g/mol. The van der Waals surface area contributed by atoms with Gasteiger partial charge < -0.3 is 5.32 Å². The summed E-state index contributed by atoms with van der Waals surface area (Å²) >= 11 is 1.66. The van der Waals surface area contributed by atoms with Crippen molar-refractivity contribution in [3.05, 3.63) is 22.7 Å². The number of thiazole rings is 1. The Bertz CT molecular complexity index is 256. The Hall–Kier alpha value is -0.380. The zero-order valence-corrected chi connectivity index (χ0v) is 8.25. The summed E-state index contributed by atoms with van der Waals surface area (Å²) in [5.41, 5.74) is 4.44. The molecule has 0 spiro atoms. The number of hydrogen-bond donors (Lipinski definition) is 1. The Morgan fingerprint density at radius 2 is 2.42 bits per heavy atom. The zero-order valence-electron chi connectivity index (χ0n) is 6.62. The fourth-order valence-corrected chi connectivity index (χ4v) is 1.80. The van der Waals surface area contributed by atoms with Crippen molar-refractivity contribution in [2.75, 3.05) is 13.1 Å². The number of nitrogens with one attached hydrogen (secondary N) is 1. The van der Waals surface area contributed by atoms with Crippen LogP contribution in [-0.4, -0.2) is 18.1 Å². The minimum Gasteiger partial charge on any atom is -0.313 e. The molecule has 0 aliphatic carbocycles. The van der Waals surface area contributed by atoms with E-state index in [1.807, 2.05) is 5.51 Å². The summed E-state index contributed by atoms with van der Waals surface area (Å²) in [5.74, 6) is 0. The molecule has 0 aromatic carbocycles. The highest BCUT2D eigenvalue weighted by molar-refractivity contribution is 7.07. The lowest BCUT2D eigenvalue weighted by Gasteiger charge is -2.11. The molecule has 1 aliphatic heterocycles. The first kappa shape index (κ1) is 9.71. The summed E-state index contributed by atoms with van der Waals surface area (Å²) < 4.78 is 0. The molecule has 0 saturated heterocycles. The molecule has 0 fully saturated rings. The lowest BCUT2D eigenvalue weighted by Crippen LogP contribution is -2.20. The molecule has 0 saturated carbocycles. The molecule has 0 unspecified atom stereocenters. The van der Waals surface area contributed by atoms with Crippen LogP contribution in [0.25, 0.3) is 5.57 Å². The van der Waals surface area contributed by atoms with Crippen LogP contribution in [0.3, 0.4) is 0 Å². The van der Waals surface area contributed by atoms with Gasteiger partial charge in [-0.15, -0.1) is 23.7 Å². The molecule has 1 N–H and O–H groups in total. The van der Waals surface area contributed by atoms with Crippen LogP contribution >= 0.6 is 23.7 Å². The van der Waals surface area contributed by atoms with Crippen molar-refractivity contribution in [1.82, 2.24) is 10.3 Å². The summed E-state index contributed by atoms with van der Waals surface area (Å²) in [7, 11) is 0. The second-order valence-corrected chi connectivity index (χ2v) is 3.28. The lowest BCUT2D eigenvalue weighted by atomic mass is 10.1. The van der Waals surface area contributed by atoms with E-state index in [1.54, 1.807) is 11.3 Å². The van der Waals surface area contributed by atoms with Gasteiger partial charge in [0, 0.05) is 11.9 Å². The van der Waals surface area contributed by atoms with Crippen molar-refractivity contribution in [3.8, 4) is 0 Å². The second kappa shape index (κ2) is 4.60. The number of rotatable bonds is 1. The fourth-order valence-electron chi connectivity index (χ4n) is 1.23. The third kappa shape index (κ3) is 2.06. The van der Waals surface area contributed by atoms with Gasteiger partial charge in [-0.1, -0.05) is 6.08 Å². The van der Waals surface area contributed by atoms with Gasteiger partial charge in [-0.2, -0.15) is 0 Å². The first-order valence-corrected chi connectivity index (χ1v) is 4.69. The minimum atomic E-state index is 0. The standard InChI is InChI=1S/C8H10N2S.ClH/c1-3-9-4-2-7(1)8-5-11-6-10-8;/h1,5-6,9H,2-4H2;1H. The van der Waals surface area contributed by atoms with Crippen LogP contribution in [0.2, 0.25) is 0 Å². The number of halogens is 1. The molecule has 0 atom stereocenters. The predicted octanol–water partition coefficient (Wildman–Crippen LogP) is 1.94. The highest BCUT2D eigenvalue weighted by atomic mass is 35.5. The smallest absolute Gasteiger partial charge is 0.0798 e. The van der Waals surface area contributed by atoms with Crippen molar-refractivity contribution in [1.29, 1.82) is 0 Å². The van der Waals surface area contributed by atoms with E-state index in [9.17, 15) is 0 Å². The van der Waals surface area contributed by atoms with Crippen molar-refractivity contribution >= 4 is 29.3 Å². The Labute approximate surface area is 82.1 Å². The van der Waals surface area contributed by atoms with E-state index in [1.165, 1.54) is 5.57 Å². The normalized spacial score (nSPS) is 16.5. The van der Waals surface area contributed by atoms with Gasteiger partial charge in [0.15, 0.2) is 0 Å². The van der Waals surface area contributed by atoms with Crippen LogP contribution in [-0.2, 0) is 0 Å². The van der Waals surface area contributed by atoms with Crippen LogP contribution in [0, 0.1) is 0 Å². The van der Waals surface area contributed by atoms with E-state index in [0.717, 1.165) is 25.2 Å². The van der Waals surface area contributed by atoms with Crippen LogP contribution in [0.1, 0.15) is 12.1 Å². The molecule has 66 valence electrons. The number of hydrogen-bond acceptors (Lipinski definition) is 3. The maximum Gasteiger partial charge on any atom is 0.0798 e. The van der Waals surface area contributed by atoms with Gasteiger partial charge >= 0.3 is 0 Å². The van der Waals surface area contributed by atoms with Crippen molar-refractivity contribution in [3.63, 3.8) is 0 Å². The van der Waals surface area contributed by atoms with Crippen molar-refractivity contribution in [2.24, 2.45) is 0 Å². The minimum absolute atomic E-state index is 0. The van der Waals surface area contributed by atoms with Gasteiger partial charge in [-0.3, -0.25) is 0 Å². The largest absolute Gasteiger partial charge is 0.313 e. The molecule has 1 aliphatic rings. The van der Waals surface area contributed by atoms with E-state index in [2.05, 4.69) is 21.8 Å². The van der Waals surface area contributed by atoms with Gasteiger partial charge in [0.25, 0.3) is 0 Å². The molecule has 1 aromatic rings. The van der Waals surface area contributed by atoms with Crippen LogP contribution in [0.15, 0.2) is 17.0 Å². The number of nitrogens with zero attached hydrogens (tertiary/aromatic N) is 1. The van der Waals surface area contributed by atoms with Crippen molar-refractivity contribution < 1.29 is 0 Å². The highest BCUT2D eigenvalue weighted by Gasteiger charge is 2.05. The SMILES string of the molecule is C1=C(c2cscn2)CCNC1.Cl. The van der Waals surface area contributed by atoms with Gasteiger partial charge in [-0.05, 0) is 18.5 Å². The summed E-state index contributed by atoms with van der Waals surface area (Å²) in [5, 5.41) is 5.38. The molecule has 0 bridgehead atoms. The molecular formula is C8H11ClN2S. The highest BCUT2D eigenvalue weighted by Crippen LogP contribution is 2.18. The Morgan fingerprint density at radius 3 is 3.00 bits per heavy atom. The summed E-state index contributed by atoms with van der Waals surface area (Å²) in [6, 6.07) is 0. The van der Waals surface area contributed by atoms with E-state index < -0.39 is 0 Å². The maximum absolute atomic E-state index is 4.26. The quantitative estimate of drug-likeness (QED) is 0.753. The van der Waals surface area contributed by atoms with E-state index in [0.29, 0.717) is 0 Å². The van der Waals surface area contributed by atoms with E-state index in [-0.39, 0.29) is 12.4 Å². The third-order valence-corrected chi connectivity index (χ3v) is 2.41. The zero-order chi connectivity index (χ0) is 7.52. The Morgan fingerprint density at radius 1 is 1.50 bits per heavy atom. The van der Waals surface area contributed by atoms with Crippen LogP contribution in [0.5, 0.6) is 0 Å². The van der Waals surface area contributed by atoms with Crippen molar-refractivity contribution in [2.45, 2.75) is 6.42 Å². The van der Waals surface area contributed by atoms with Crippen LogP contribution in [0.4, 0.5) is 0 Å². The van der Waals surface area contributed by atoms with E-state index in [4.69, 9.17) is 0 Å². The molecule has 0 radical (unpaired) electrons. The molecule has 12 heavy (non-hydrogen) atoms. The van der Waals surface area contributed by atoms with Crippen LogP contribution < -0.4 is 5.32 Å². The van der Waals surface area contributed by atoms with Gasteiger partial charge in [0.05, 0.1) is 11.2 Å². The Kier molecular flexibility index (Phi) is 3.72. The molecule has 2 nitrogen and oxygen atoms in total. The summed E-state index contributed by atoms with van der Waals surface area (Å²) in [6.07, 6.45) is 3.34. The molecule has 2 rings (SSSR count). The predicted molar refractivity (Wildman–Crippen MR) is 54.8 cm³/mol. The van der Waals surface area contributed by atoms with Gasteiger partial charge in [0.2, 0.25) is 0 Å². The first-order valence-electron chi connectivity index (χ1n) is 3.75. The molecular weight excluding hydrogens is 192 g/mol. The number of aromatic nitrogens is 1. The summed E-state index contributed by atoms with van der Waals surface area (Å²) in [6.45, 7) is 2.08. The Balaban J connectivity index is 0.000000720. The average molecular weight is 203 g/mol. The van der Waals surface area contributed by atoms with E-state index >= 15 is 0 Å². The third-order valence-electron chi connectivity index (χ3n) is 1.83. The average Bonchev–Trinajstić information content (AvgIpc) is 2.58. The fraction of sp³-hybridized carbons (Fsp3) is 0.375. The molecule has 0 amide bonds. The first-order chi connectivity index (χ1) is 5.47. The second-order valence-electron chi connectivity index (χ2n) is 2.56. The molecule has 1 aromatic heterocycles.